The number of carbonyl (C=O) groups excluding carboxylic acids is 2. The van der Waals surface area contributed by atoms with Crippen molar-refractivity contribution in [1.29, 1.82) is 0 Å². The van der Waals surface area contributed by atoms with E-state index in [-0.39, 0.29) is 37.7 Å². The van der Waals surface area contributed by atoms with Gasteiger partial charge in [-0.1, -0.05) is 0 Å². The number of carboxylic acid groups (broad SMARTS) is 1. The van der Waals surface area contributed by atoms with Gasteiger partial charge >= 0.3 is 5.97 Å². The van der Waals surface area contributed by atoms with Gasteiger partial charge in [0.15, 0.2) is 0 Å². The summed E-state index contributed by atoms with van der Waals surface area (Å²) in [5.74, 6) is -1.81. The van der Waals surface area contributed by atoms with E-state index in [9.17, 15) is 14.4 Å². The zero-order chi connectivity index (χ0) is 17.4. The van der Waals surface area contributed by atoms with Crippen molar-refractivity contribution in [2.24, 2.45) is 5.73 Å². The summed E-state index contributed by atoms with van der Waals surface area (Å²) in [6, 6.07) is 3.50. The molecule has 0 aliphatic rings. The number of benzene rings is 1. The Morgan fingerprint density at radius 1 is 1.09 bits per heavy atom. The molecule has 9 N–H and O–H groups in total. The number of hydrogen-bond acceptors (Lipinski definition) is 6. The first-order valence-electron chi connectivity index (χ1n) is 6.99. The van der Waals surface area contributed by atoms with Crippen molar-refractivity contribution in [2.75, 3.05) is 24.6 Å². The Balaban J connectivity index is 2.26. The average molecular weight is 323 g/mol. The quantitative estimate of drug-likeness (QED) is 0.260. The summed E-state index contributed by atoms with van der Waals surface area (Å²) in [5, 5.41) is 13.8. The van der Waals surface area contributed by atoms with E-state index in [0.29, 0.717) is 16.9 Å². The second kappa shape index (κ2) is 8.59. The molecule has 1 atom stereocenters. The van der Waals surface area contributed by atoms with Crippen molar-refractivity contribution in [3.63, 3.8) is 0 Å². The van der Waals surface area contributed by atoms with Crippen molar-refractivity contribution in [1.82, 2.24) is 10.6 Å². The lowest BCUT2D eigenvalue weighted by molar-refractivity contribution is -0.138. The number of nitrogens with one attached hydrogen (secondary N) is 2. The van der Waals surface area contributed by atoms with Crippen LogP contribution in [0.4, 0.5) is 11.4 Å². The number of aliphatic carboxylic acids is 1. The summed E-state index contributed by atoms with van der Waals surface area (Å²) in [6.07, 6.45) is 0.0636. The molecule has 0 radical (unpaired) electrons. The summed E-state index contributed by atoms with van der Waals surface area (Å²) in [6.45, 7) is 0.442. The zero-order valence-electron chi connectivity index (χ0n) is 12.5. The summed E-state index contributed by atoms with van der Waals surface area (Å²) in [4.78, 5) is 33.8. The number of anilines is 2. The molecule has 0 saturated heterocycles. The molecule has 1 unspecified atom stereocenters. The van der Waals surface area contributed by atoms with Crippen molar-refractivity contribution < 1.29 is 19.5 Å². The lowest BCUT2D eigenvalue weighted by atomic mass is 10.1. The molecular weight excluding hydrogens is 302 g/mol. The van der Waals surface area contributed by atoms with E-state index in [0.717, 1.165) is 0 Å². The van der Waals surface area contributed by atoms with Gasteiger partial charge in [0, 0.05) is 25.1 Å². The van der Waals surface area contributed by atoms with E-state index in [1.54, 1.807) is 6.07 Å². The minimum absolute atomic E-state index is 0.00983. The fraction of sp³-hybridized carbons (Fsp3) is 0.357. The van der Waals surface area contributed by atoms with E-state index in [1.807, 2.05) is 0 Å². The summed E-state index contributed by atoms with van der Waals surface area (Å²) >= 11 is 0. The maximum atomic E-state index is 11.8. The Morgan fingerprint density at radius 2 is 1.74 bits per heavy atom. The second-order valence-electron chi connectivity index (χ2n) is 4.93. The van der Waals surface area contributed by atoms with Crippen LogP contribution in [0.15, 0.2) is 18.2 Å². The van der Waals surface area contributed by atoms with Gasteiger partial charge in [0.1, 0.15) is 6.04 Å². The molecule has 9 heteroatoms. The van der Waals surface area contributed by atoms with E-state index in [1.165, 1.54) is 12.1 Å². The van der Waals surface area contributed by atoms with Gasteiger partial charge in [0.2, 0.25) is 5.91 Å². The molecule has 1 aromatic rings. The van der Waals surface area contributed by atoms with E-state index in [2.05, 4.69) is 10.6 Å². The first-order chi connectivity index (χ1) is 10.8. The standard InChI is InChI=1S/C14H21N5O4/c15-9-2-1-8(7-11(9)17)13(21)19-6-5-18-12(20)4-3-10(16)14(22)23/h1-2,7,10H,3-6,15-17H2,(H,18,20)(H,19,21)(H,22,23). The molecule has 9 nitrogen and oxygen atoms in total. The molecule has 0 aliphatic carbocycles. The van der Waals surface area contributed by atoms with Crippen LogP contribution in [0, 0.1) is 0 Å². The zero-order valence-corrected chi connectivity index (χ0v) is 12.5. The molecule has 0 aromatic heterocycles. The SMILES string of the molecule is Nc1ccc(C(=O)NCCNC(=O)CCC(N)C(=O)O)cc1N. The molecule has 0 bridgehead atoms. The molecular formula is C14H21N5O4. The van der Waals surface area contributed by atoms with Crippen molar-refractivity contribution in [3.8, 4) is 0 Å². The highest BCUT2D eigenvalue weighted by Gasteiger charge is 2.13. The van der Waals surface area contributed by atoms with E-state index in [4.69, 9.17) is 22.3 Å². The van der Waals surface area contributed by atoms with Crippen LogP contribution >= 0.6 is 0 Å². The van der Waals surface area contributed by atoms with Gasteiger partial charge < -0.3 is 32.9 Å². The van der Waals surface area contributed by atoms with Gasteiger partial charge in [-0.2, -0.15) is 0 Å². The van der Waals surface area contributed by atoms with E-state index >= 15 is 0 Å². The summed E-state index contributed by atoms with van der Waals surface area (Å²) < 4.78 is 0. The third kappa shape index (κ3) is 6.22. The Bertz CT molecular complexity index is 591. The fourth-order valence-corrected chi connectivity index (χ4v) is 1.69. The van der Waals surface area contributed by atoms with Crippen molar-refractivity contribution in [3.05, 3.63) is 23.8 Å². The van der Waals surface area contributed by atoms with Crippen LogP contribution in [-0.4, -0.2) is 42.0 Å². The largest absolute Gasteiger partial charge is 0.480 e. The van der Waals surface area contributed by atoms with Gasteiger partial charge in [0.25, 0.3) is 5.91 Å². The fourth-order valence-electron chi connectivity index (χ4n) is 1.69. The van der Waals surface area contributed by atoms with Gasteiger partial charge in [-0.25, -0.2) is 0 Å². The summed E-state index contributed by atoms with van der Waals surface area (Å²) in [5.41, 5.74) is 17.6. The van der Waals surface area contributed by atoms with E-state index < -0.39 is 12.0 Å². The molecule has 0 fully saturated rings. The Hall–Kier alpha value is -2.81. The third-order valence-corrected chi connectivity index (χ3v) is 3.08. The Labute approximate surface area is 133 Å². The predicted molar refractivity (Wildman–Crippen MR) is 85.5 cm³/mol. The maximum absolute atomic E-state index is 11.8. The number of hydrogen-bond donors (Lipinski definition) is 6. The number of nitrogen functional groups attached to an aromatic ring is 2. The molecule has 1 aromatic carbocycles. The molecule has 23 heavy (non-hydrogen) atoms. The molecule has 0 aliphatic heterocycles. The smallest absolute Gasteiger partial charge is 0.320 e. The number of rotatable bonds is 8. The lowest BCUT2D eigenvalue weighted by Crippen LogP contribution is -2.36. The molecule has 0 spiro atoms. The van der Waals surface area contributed by atoms with Crippen molar-refractivity contribution >= 4 is 29.2 Å². The highest BCUT2D eigenvalue weighted by molar-refractivity contribution is 5.96. The van der Waals surface area contributed by atoms with Gasteiger partial charge in [0.05, 0.1) is 11.4 Å². The first kappa shape index (κ1) is 18.2. The van der Waals surface area contributed by atoms with Crippen LogP contribution in [-0.2, 0) is 9.59 Å². The lowest BCUT2D eigenvalue weighted by Gasteiger charge is -2.09. The highest BCUT2D eigenvalue weighted by Crippen LogP contribution is 2.15. The van der Waals surface area contributed by atoms with Crippen LogP contribution in [0.2, 0.25) is 0 Å². The second-order valence-corrected chi connectivity index (χ2v) is 4.93. The average Bonchev–Trinajstić information content (AvgIpc) is 2.51. The van der Waals surface area contributed by atoms with Gasteiger partial charge in [-0.05, 0) is 24.6 Å². The van der Waals surface area contributed by atoms with Crippen LogP contribution in [0.1, 0.15) is 23.2 Å². The van der Waals surface area contributed by atoms with Crippen LogP contribution in [0.3, 0.4) is 0 Å². The number of nitrogens with two attached hydrogens (primary N) is 3. The molecule has 0 heterocycles. The minimum Gasteiger partial charge on any atom is -0.480 e. The number of amides is 2. The van der Waals surface area contributed by atoms with Crippen LogP contribution < -0.4 is 27.8 Å². The molecule has 0 saturated carbocycles. The predicted octanol–water partition coefficient (Wildman–Crippen LogP) is -1.11. The molecule has 1 rings (SSSR count). The Kier molecular flexibility index (Phi) is 6.81. The first-order valence-corrected chi connectivity index (χ1v) is 6.99. The number of carbonyl (C=O) groups is 3. The number of carboxylic acids is 1. The molecule has 2 amide bonds. The van der Waals surface area contributed by atoms with Crippen LogP contribution in [0.5, 0.6) is 0 Å². The van der Waals surface area contributed by atoms with Gasteiger partial charge in [-0.15, -0.1) is 0 Å². The topological polar surface area (TPSA) is 174 Å². The third-order valence-electron chi connectivity index (χ3n) is 3.08. The maximum Gasteiger partial charge on any atom is 0.320 e. The minimum atomic E-state index is -1.15. The molecule has 126 valence electrons. The normalized spacial score (nSPS) is 11.5. The highest BCUT2D eigenvalue weighted by atomic mass is 16.4. The van der Waals surface area contributed by atoms with Gasteiger partial charge in [-0.3, -0.25) is 14.4 Å². The van der Waals surface area contributed by atoms with Crippen LogP contribution in [0.25, 0.3) is 0 Å². The summed E-state index contributed by atoms with van der Waals surface area (Å²) in [7, 11) is 0. The monoisotopic (exact) mass is 323 g/mol. The van der Waals surface area contributed by atoms with Crippen molar-refractivity contribution in [2.45, 2.75) is 18.9 Å². The Morgan fingerprint density at radius 3 is 2.35 bits per heavy atom.